The lowest BCUT2D eigenvalue weighted by Crippen LogP contribution is -2.58. The molecule has 2 aliphatic heterocycles. The molecule has 18 heavy (non-hydrogen) atoms. The first-order chi connectivity index (χ1) is 8.74. The first kappa shape index (κ1) is 12.0. The smallest absolute Gasteiger partial charge is 0.317 e. The number of carbonyl (C=O) groups excluding carboxylic acids is 1. The molecule has 4 nitrogen and oxygen atoms in total. The van der Waals surface area contributed by atoms with Gasteiger partial charge in [0, 0.05) is 17.0 Å². The van der Waals surface area contributed by atoms with Gasteiger partial charge in [-0.05, 0) is 30.5 Å². The van der Waals surface area contributed by atoms with Crippen molar-refractivity contribution in [1.29, 1.82) is 0 Å². The van der Waals surface area contributed by atoms with Crippen molar-refractivity contribution in [3.05, 3.63) is 34.3 Å². The molecule has 3 rings (SSSR count). The predicted octanol–water partition coefficient (Wildman–Crippen LogP) is 2.56. The number of rotatable bonds is 1. The van der Waals surface area contributed by atoms with Crippen LogP contribution in [-0.2, 0) is 4.74 Å². The third kappa shape index (κ3) is 2.24. The summed E-state index contributed by atoms with van der Waals surface area (Å²) in [6, 6.07) is 7.99. The Balaban J connectivity index is 1.88. The van der Waals surface area contributed by atoms with Crippen LogP contribution >= 0.6 is 15.9 Å². The molecule has 1 aromatic carbocycles. The summed E-state index contributed by atoms with van der Waals surface area (Å²) in [6.45, 7) is 0.731. The monoisotopic (exact) mass is 310 g/mol. The lowest BCUT2D eigenvalue weighted by atomic mass is 9.85. The molecule has 2 aliphatic rings. The molecule has 2 amide bonds. The topological polar surface area (TPSA) is 50.4 Å². The molecule has 2 heterocycles. The van der Waals surface area contributed by atoms with Crippen molar-refractivity contribution < 1.29 is 9.53 Å². The number of amides is 2. The van der Waals surface area contributed by atoms with Crippen LogP contribution in [0, 0.1) is 5.92 Å². The molecule has 2 fully saturated rings. The summed E-state index contributed by atoms with van der Waals surface area (Å²) in [5, 5.41) is 5.85. The van der Waals surface area contributed by atoms with Gasteiger partial charge < -0.3 is 15.4 Å². The Morgan fingerprint density at radius 2 is 2.00 bits per heavy atom. The maximum absolute atomic E-state index is 11.7. The molecule has 96 valence electrons. The maximum atomic E-state index is 11.7. The quantitative estimate of drug-likeness (QED) is 0.837. The molecule has 0 aliphatic carbocycles. The fourth-order valence-electron chi connectivity index (χ4n) is 2.71. The Bertz CT molecular complexity index is 449. The Kier molecular flexibility index (Phi) is 3.26. The van der Waals surface area contributed by atoms with E-state index in [0.29, 0.717) is 5.92 Å². The maximum Gasteiger partial charge on any atom is 0.317 e. The first-order valence-electron chi connectivity index (χ1n) is 6.18. The normalized spacial score (nSPS) is 31.2. The standard InChI is InChI=1S/C13H15BrN2O2/c14-9-5-3-8(4-6-9)11-10-2-1-7-18-12(10)16-13(17)15-11/h3-6,10-12H,1-2,7H2,(H2,15,16,17)/t10-,11-,12-/m0/s1. The van der Waals surface area contributed by atoms with Crippen molar-refractivity contribution in [1.82, 2.24) is 10.6 Å². The van der Waals surface area contributed by atoms with Gasteiger partial charge in [0.1, 0.15) is 6.23 Å². The van der Waals surface area contributed by atoms with Crippen LogP contribution in [0.2, 0.25) is 0 Å². The average molecular weight is 311 g/mol. The van der Waals surface area contributed by atoms with Crippen LogP contribution in [0.25, 0.3) is 0 Å². The Morgan fingerprint density at radius 1 is 1.22 bits per heavy atom. The highest BCUT2D eigenvalue weighted by Gasteiger charge is 2.39. The third-order valence-corrected chi connectivity index (χ3v) is 4.11. The van der Waals surface area contributed by atoms with Crippen molar-refractivity contribution in [3.8, 4) is 0 Å². The summed E-state index contributed by atoms with van der Waals surface area (Å²) in [5.41, 5.74) is 1.13. The second kappa shape index (κ2) is 4.90. The van der Waals surface area contributed by atoms with Gasteiger partial charge >= 0.3 is 6.03 Å². The summed E-state index contributed by atoms with van der Waals surface area (Å²) in [5.74, 6) is 0.303. The van der Waals surface area contributed by atoms with E-state index in [4.69, 9.17) is 4.74 Å². The highest BCUT2D eigenvalue weighted by molar-refractivity contribution is 9.10. The molecule has 3 atom stereocenters. The highest BCUT2D eigenvalue weighted by atomic mass is 79.9. The third-order valence-electron chi connectivity index (χ3n) is 3.59. The van der Waals surface area contributed by atoms with Crippen molar-refractivity contribution in [2.75, 3.05) is 6.61 Å². The summed E-state index contributed by atoms with van der Waals surface area (Å²) in [7, 11) is 0. The number of hydrogen-bond donors (Lipinski definition) is 2. The predicted molar refractivity (Wildman–Crippen MR) is 71.0 cm³/mol. The van der Waals surface area contributed by atoms with Gasteiger partial charge in [-0.25, -0.2) is 4.79 Å². The summed E-state index contributed by atoms with van der Waals surface area (Å²) in [6.07, 6.45) is 1.96. The lowest BCUT2D eigenvalue weighted by Gasteiger charge is -2.41. The van der Waals surface area contributed by atoms with E-state index in [-0.39, 0.29) is 18.3 Å². The van der Waals surface area contributed by atoms with Crippen LogP contribution in [0.5, 0.6) is 0 Å². The second-order valence-electron chi connectivity index (χ2n) is 4.74. The van der Waals surface area contributed by atoms with Crippen molar-refractivity contribution in [3.63, 3.8) is 0 Å². The SMILES string of the molecule is O=C1N[C@H]2OCCC[C@H]2[C@H](c2ccc(Br)cc2)N1. The van der Waals surface area contributed by atoms with E-state index in [2.05, 4.69) is 26.6 Å². The second-order valence-corrected chi connectivity index (χ2v) is 5.66. The fraction of sp³-hybridized carbons (Fsp3) is 0.462. The van der Waals surface area contributed by atoms with Crippen LogP contribution in [0.3, 0.4) is 0 Å². The van der Waals surface area contributed by atoms with Gasteiger partial charge in [-0.3, -0.25) is 0 Å². The molecule has 1 aromatic rings. The molecular weight excluding hydrogens is 296 g/mol. The fourth-order valence-corrected chi connectivity index (χ4v) is 2.98. The molecule has 2 saturated heterocycles. The van der Waals surface area contributed by atoms with E-state index in [1.807, 2.05) is 24.3 Å². The number of carbonyl (C=O) groups is 1. The summed E-state index contributed by atoms with van der Waals surface area (Å²) < 4.78 is 6.69. The Labute approximate surface area is 114 Å². The van der Waals surface area contributed by atoms with E-state index in [0.717, 1.165) is 29.5 Å². The molecule has 0 unspecified atom stereocenters. The van der Waals surface area contributed by atoms with Gasteiger partial charge in [-0.1, -0.05) is 28.1 Å². The zero-order valence-electron chi connectivity index (χ0n) is 9.86. The minimum Gasteiger partial charge on any atom is -0.358 e. The largest absolute Gasteiger partial charge is 0.358 e. The summed E-state index contributed by atoms with van der Waals surface area (Å²) in [4.78, 5) is 11.7. The molecule has 0 spiro atoms. The van der Waals surface area contributed by atoms with E-state index >= 15 is 0 Å². The molecule has 0 bridgehead atoms. The number of nitrogens with one attached hydrogen (secondary N) is 2. The van der Waals surface area contributed by atoms with Crippen LogP contribution in [0.4, 0.5) is 4.79 Å². The van der Waals surface area contributed by atoms with E-state index in [1.54, 1.807) is 0 Å². The van der Waals surface area contributed by atoms with E-state index < -0.39 is 0 Å². The van der Waals surface area contributed by atoms with Crippen molar-refractivity contribution in [2.45, 2.75) is 25.1 Å². The van der Waals surface area contributed by atoms with Gasteiger partial charge in [-0.15, -0.1) is 0 Å². The van der Waals surface area contributed by atoms with Crippen molar-refractivity contribution >= 4 is 22.0 Å². The molecule has 5 heteroatoms. The zero-order chi connectivity index (χ0) is 12.5. The molecule has 0 saturated carbocycles. The van der Waals surface area contributed by atoms with Gasteiger partial charge in [0.25, 0.3) is 0 Å². The molecular formula is C13H15BrN2O2. The highest BCUT2D eigenvalue weighted by Crippen LogP contribution is 2.34. The number of benzene rings is 1. The van der Waals surface area contributed by atoms with Gasteiger partial charge in [0.2, 0.25) is 0 Å². The van der Waals surface area contributed by atoms with E-state index in [1.165, 1.54) is 0 Å². The summed E-state index contributed by atoms with van der Waals surface area (Å²) >= 11 is 3.43. The molecule has 0 radical (unpaired) electrons. The van der Waals surface area contributed by atoms with Crippen molar-refractivity contribution in [2.24, 2.45) is 5.92 Å². The minimum atomic E-state index is -0.152. The van der Waals surface area contributed by atoms with Crippen LogP contribution in [0.15, 0.2) is 28.7 Å². The number of halogens is 1. The average Bonchev–Trinajstić information content (AvgIpc) is 2.38. The van der Waals surface area contributed by atoms with E-state index in [9.17, 15) is 4.79 Å². The Hall–Kier alpha value is -1.07. The number of urea groups is 1. The number of fused-ring (bicyclic) bond motifs is 1. The molecule has 0 aromatic heterocycles. The lowest BCUT2D eigenvalue weighted by molar-refractivity contribution is -0.0602. The first-order valence-corrected chi connectivity index (χ1v) is 6.97. The zero-order valence-corrected chi connectivity index (χ0v) is 11.4. The Morgan fingerprint density at radius 3 is 2.78 bits per heavy atom. The van der Waals surface area contributed by atoms with Crippen LogP contribution in [-0.4, -0.2) is 18.9 Å². The number of ether oxygens (including phenoxy) is 1. The van der Waals surface area contributed by atoms with Gasteiger partial charge in [-0.2, -0.15) is 0 Å². The van der Waals surface area contributed by atoms with Crippen LogP contribution in [0.1, 0.15) is 24.4 Å². The minimum absolute atomic E-state index is 0.0390. The molecule has 2 N–H and O–H groups in total. The van der Waals surface area contributed by atoms with Gasteiger partial charge in [0.05, 0.1) is 6.04 Å². The van der Waals surface area contributed by atoms with Gasteiger partial charge in [0.15, 0.2) is 0 Å². The number of hydrogen-bond acceptors (Lipinski definition) is 2. The van der Waals surface area contributed by atoms with Crippen LogP contribution < -0.4 is 10.6 Å².